The van der Waals surface area contributed by atoms with E-state index in [4.69, 9.17) is 9.47 Å². The van der Waals surface area contributed by atoms with E-state index >= 15 is 0 Å². The summed E-state index contributed by atoms with van der Waals surface area (Å²) in [6.07, 6.45) is -9.79. The fourth-order valence-electron chi connectivity index (χ4n) is 3.84. The molecule has 0 atom stereocenters. The molecule has 0 aliphatic rings. The minimum atomic E-state index is -5.82. The van der Waals surface area contributed by atoms with Gasteiger partial charge >= 0.3 is 18.3 Å². The number of alkyl halides is 6. The summed E-state index contributed by atoms with van der Waals surface area (Å²) in [6, 6.07) is 4.76. The molecule has 0 spiro atoms. The molecule has 2 aromatic carbocycles. The van der Waals surface area contributed by atoms with Crippen LogP contribution in [0.15, 0.2) is 36.5 Å². The number of hydrogen-bond donors (Lipinski definition) is 2. The number of esters is 1. The number of halogens is 6. The van der Waals surface area contributed by atoms with Gasteiger partial charge in [-0.15, -0.1) is 5.10 Å². The lowest BCUT2D eigenvalue weighted by molar-refractivity contribution is -0.253. The third-order valence-electron chi connectivity index (χ3n) is 5.54. The molecule has 0 aliphatic carbocycles. The van der Waals surface area contributed by atoms with Crippen molar-refractivity contribution in [1.29, 1.82) is 0 Å². The third-order valence-corrected chi connectivity index (χ3v) is 6.13. The normalized spacial score (nSPS) is 12.3. The van der Waals surface area contributed by atoms with Crippen molar-refractivity contribution in [2.24, 2.45) is 0 Å². The number of aromatic nitrogens is 3. The third kappa shape index (κ3) is 7.48. The largest absolute Gasteiger partial charge is 0.492 e. The van der Waals surface area contributed by atoms with Crippen molar-refractivity contribution in [2.75, 3.05) is 30.0 Å². The molecule has 0 saturated carbocycles. The van der Waals surface area contributed by atoms with Crippen molar-refractivity contribution in [1.82, 2.24) is 15.0 Å². The molecule has 42 heavy (non-hydrogen) atoms. The summed E-state index contributed by atoms with van der Waals surface area (Å²) < 4.78 is 118. The molecule has 2 N–H and O–H groups in total. The Hall–Kier alpha value is -4.35. The van der Waals surface area contributed by atoms with Crippen molar-refractivity contribution in [2.45, 2.75) is 32.1 Å². The van der Waals surface area contributed by atoms with Gasteiger partial charge in [0.05, 0.1) is 43.2 Å². The first-order chi connectivity index (χ1) is 19.4. The zero-order valence-electron chi connectivity index (χ0n) is 22.2. The number of carbonyl (C=O) groups is 2. The van der Waals surface area contributed by atoms with Crippen molar-refractivity contribution >= 4 is 33.3 Å². The second-order valence-corrected chi connectivity index (χ2v) is 10.5. The molecule has 18 heteroatoms. The maximum atomic E-state index is 13.5. The van der Waals surface area contributed by atoms with Crippen molar-refractivity contribution in [3.63, 3.8) is 0 Å². The predicted octanol–water partition coefficient (Wildman–Crippen LogP) is 4.59. The van der Waals surface area contributed by atoms with E-state index in [1.807, 2.05) is 4.72 Å². The molecule has 0 fully saturated rings. The molecular formula is C24H23F6N5O6S. The SMILES string of the molecule is CCOC(=O)c1cn(-c2cc(C(=O)Nc3cc(C(C(F)(F)F)C(F)(F)F)cc(NS(C)(=O)=O)c3OC)ccc2C)nn1. The van der Waals surface area contributed by atoms with E-state index in [0.717, 1.165) is 11.8 Å². The van der Waals surface area contributed by atoms with Crippen molar-refractivity contribution < 1.29 is 53.8 Å². The predicted molar refractivity (Wildman–Crippen MR) is 136 cm³/mol. The molecule has 0 aliphatic heterocycles. The Balaban J connectivity index is 2.10. The lowest BCUT2D eigenvalue weighted by Crippen LogP contribution is -2.34. The summed E-state index contributed by atoms with van der Waals surface area (Å²) in [7, 11) is -3.25. The Morgan fingerprint density at radius 1 is 1.05 bits per heavy atom. The quantitative estimate of drug-likeness (QED) is 0.261. The van der Waals surface area contributed by atoms with Crippen LogP contribution in [0.5, 0.6) is 5.75 Å². The number of anilines is 2. The van der Waals surface area contributed by atoms with Gasteiger partial charge in [-0.1, -0.05) is 11.3 Å². The fourth-order valence-corrected chi connectivity index (χ4v) is 4.39. The summed E-state index contributed by atoms with van der Waals surface area (Å²) in [4.78, 5) is 25.1. The van der Waals surface area contributed by atoms with Crippen LogP contribution in [0.2, 0.25) is 0 Å². The Kier molecular flexibility index (Phi) is 9.09. The van der Waals surface area contributed by atoms with Crippen LogP contribution in [0.25, 0.3) is 5.69 Å². The minimum absolute atomic E-state index is 0.0825. The van der Waals surface area contributed by atoms with Gasteiger partial charge in [0.25, 0.3) is 5.91 Å². The van der Waals surface area contributed by atoms with Crippen LogP contribution in [0.1, 0.15) is 44.8 Å². The van der Waals surface area contributed by atoms with Crippen molar-refractivity contribution in [3.05, 3.63) is 58.9 Å². The highest BCUT2D eigenvalue weighted by Gasteiger charge is 2.57. The number of benzene rings is 2. The van der Waals surface area contributed by atoms with E-state index < -0.39 is 62.9 Å². The van der Waals surface area contributed by atoms with E-state index in [0.29, 0.717) is 24.0 Å². The first-order valence-corrected chi connectivity index (χ1v) is 13.6. The summed E-state index contributed by atoms with van der Waals surface area (Å²) in [6.45, 7) is 3.30. The van der Waals surface area contributed by atoms with Gasteiger partial charge in [0, 0.05) is 5.56 Å². The maximum absolute atomic E-state index is 13.5. The molecule has 1 aromatic heterocycles. The van der Waals surface area contributed by atoms with Crippen LogP contribution in [-0.4, -0.2) is 67.6 Å². The number of amides is 1. The highest BCUT2D eigenvalue weighted by molar-refractivity contribution is 7.92. The molecule has 3 aromatic rings. The maximum Gasteiger partial charge on any atom is 0.404 e. The summed E-state index contributed by atoms with van der Waals surface area (Å²) >= 11 is 0. The van der Waals surface area contributed by atoms with Crippen LogP contribution in [0.4, 0.5) is 37.7 Å². The number of aryl methyl sites for hydroxylation is 1. The molecule has 0 bridgehead atoms. The topological polar surface area (TPSA) is 142 Å². The Morgan fingerprint density at radius 2 is 1.67 bits per heavy atom. The highest BCUT2D eigenvalue weighted by Crippen LogP contribution is 2.49. The monoisotopic (exact) mass is 623 g/mol. The summed E-state index contributed by atoms with van der Waals surface area (Å²) in [5, 5.41) is 9.71. The van der Waals surface area contributed by atoms with Crippen LogP contribution in [0.3, 0.4) is 0 Å². The summed E-state index contributed by atoms with van der Waals surface area (Å²) in [5.74, 6) is -6.34. The number of ether oxygens (including phenoxy) is 2. The van der Waals surface area contributed by atoms with Gasteiger partial charge in [-0.25, -0.2) is 17.9 Å². The zero-order chi connectivity index (χ0) is 31.6. The van der Waals surface area contributed by atoms with E-state index in [-0.39, 0.29) is 23.6 Å². The second-order valence-electron chi connectivity index (χ2n) is 8.76. The Labute approximate surface area is 234 Å². The van der Waals surface area contributed by atoms with Crippen LogP contribution < -0.4 is 14.8 Å². The molecule has 228 valence electrons. The average Bonchev–Trinajstić information content (AvgIpc) is 3.32. The number of hydrogen-bond acceptors (Lipinski definition) is 8. The van der Waals surface area contributed by atoms with Crippen LogP contribution >= 0.6 is 0 Å². The number of nitrogens with one attached hydrogen (secondary N) is 2. The molecule has 11 nitrogen and oxygen atoms in total. The minimum Gasteiger partial charge on any atom is -0.492 e. The molecular weight excluding hydrogens is 600 g/mol. The van der Waals surface area contributed by atoms with Gasteiger partial charge < -0.3 is 14.8 Å². The molecule has 1 amide bonds. The van der Waals surface area contributed by atoms with Gasteiger partial charge in [0.2, 0.25) is 10.0 Å². The Morgan fingerprint density at radius 3 is 2.21 bits per heavy atom. The first kappa shape index (κ1) is 32.2. The standard InChI is InChI=1S/C24H23F6N5O6S/c1-5-41-22(37)17-11-35(34-32-17)18-10-13(7-6-12(18)2)21(36)31-15-8-14(20(23(25,26)27)24(28,29)30)9-16(19(15)40-3)33-42(4,38)39/h6-11,20,33H,5H2,1-4H3,(H,31,36). The van der Waals surface area contributed by atoms with Gasteiger partial charge in [-0.2, -0.15) is 26.3 Å². The number of nitrogens with zero attached hydrogens (tertiary/aromatic N) is 3. The van der Waals surface area contributed by atoms with E-state index in [1.54, 1.807) is 13.8 Å². The van der Waals surface area contributed by atoms with Gasteiger partial charge in [0.15, 0.2) is 17.4 Å². The number of carbonyl (C=O) groups excluding carboxylic acids is 2. The molecule has 3 rings (SSSR count). The van der Waals surface area contributed by atoms with Crippen LogP contribution in [0, 0.1) is 6.92 Å². The smallest absolute Gasteiger partial charge is 0.404 e. The Bertz CT molecular complexity index is 1590. The van der Waals surface area contributed by atoms with E-state index in [9.17, 15) is 44.3 Å². The molecule has 1 heterocycles. The zero-order valence-corrected chi connectivity index (χ0v) is 23.0. The number of rotatable bonds is 9. The molecule has 0 radical (unpaired) electrons. The first-order valence-electron chi connectivity index (χ1n) is 11.7. The second kappa shape index (κ2) is 11.9. The number of sulfonamides is 1. The lowest BCUT2D eigenvalue weighted by atomic mass is 9.96. The molecule has 0 saturated heterocycles. The van der Waals surface area contributed by atoms with E-state index in [2.05, 4.69) is 15.6 Å². The highest BCUT2D eigenvalue weighted by atomic mass is 32.2. The van der Waals surface area contributed by atoms with Gasteiger partial charge in [-0.05, 0) is 49.2 Å². The molecule has 0 unspecified atom stereocenters. The van der Waals surface area contributed by atoms with Crippen molar-refractivity contribution in [3.8, 4) is 11.4 Å². The van der Waals surface area contributed by atoms with E-state index in [1.165, 1.54) is 24.4 Å². The average molecular weight is 624 g/mol. The number of methoxy groups -OCH3 is 1. The van der Waals surface area contributed by atoms with Crippen LogP contribution in [-0.2, 0) is 14.8 Å². The van der Waals surface area contributed by atoms with Gasteiger partial charge in [-0.3, -0.25) is 9.52 Å². The van der Waals surface area contributed by atoms with Gasteiger partial charge in [0.1, 0.15) is 0 Å². The summed E-state index contributed by atoms with van der Waals surface area (Å²) in [5.41, 5.74) is -2.35. The lowest BCUT2D eigenvalue weighted by Gasteiger charge is -2.25. The fraction of sp³-hybridized carbons (Fsp3) is 0.333.